The van der Waals surface area contributed by atoms with Crippen LogP contribution in [0.2, 0.25) is 0 Å². The summed E-state index contributed by atoms with van der Waals surface area (Å²) in [4.78, 5) is 36.3. The summed E-state index contributed by atoms with van der Waals surface area (Å²) in [6.45, 7) is 8.41. The number of nitrogens with zero attached hydrogens (tertiary/aromatic N) is 2. The first-order valence-electron chi connectivity index (χ1n) is 19.2. The molecule has 4 aliphatic carbocycles. The van der Waals surface area contributed by atoms with Crippen LogP contribution in [0.5, 0.6) is 5.75 Å². The van der Waals surface area contributed by atoms with Crippen LogP contribution in [-0.4, -0.2) is 85.2 Å². The Morgan fingerprint density at radius 3 is 2.36 bits per heavy atom. The van der Waals surface area contributed by atoms with E-state index in [1.165, 1.54) is 17.5 Å². The third kappa shape index (κ3) is 6.95. The number of hydrogen-bond donors (Lipinski definition) is 4. The summed E-state index contributed by atoms with van der Waals surface area (Å²) in [5, 5.41) is 29.5. The topological polar surface area (TPSA) is 124 Å². The Hall–Kier alpha value is -3.96. The maximum atomic E-state index is 14.3. The van der Waals surface area contributed by atoms with E-state index in [2.05, 4.69) is 43.5 Å². The maximum absolute atomic E-state index is 14.3. The highest BCUT2D eigenvalue weighted by molar-refractivity contribution is 5.97. The highest BCUT2D eigenvalue weighted by atomic mass is 16.7. The number of carbonyl (C=O) groups excluding carboxylic acids is 2. The molecular formula is C43H56N4O6. The number of aliphatic hydroxyl groups is 2. The van der Waals surface area contributed by atoms with Crippen LogP contribution in [-0.2, 0) is 29.0 Å². The lowest BCUT2D eigenvalue weighted by Gasteiger charge is -2.62. The van der Waals surface area contributed by atoms with Crippen LogP contribution in [0.4, 0.5) is 5.69 Å². The second-order valence-electron chi connectivity index (χ2n) is 16.7. The van der Waals surface area contributed by atoms with Gasteiger partial charge in [-0.25, -0.2) is 0 Å². The molecular weight excluding hydrogens is 668 g/mol. The molecule has 4 N–H and O–H groups in total. The fourth-order valence-electron chi connectivity index (χ4n) is 9.92. The quantitative estimate of drug-likeness (QED) is 0.219. The Kier molecular flexibility index (Phi) is 10.4. The van der Waals surface area contributed by atoms with Crippen molar-refractivity contribution in [3.05, 3.63) is 82.9 Å². The number of amides is 2. The van der Waals surface area contributed by atoms with Gasteiger partial charge in [0.25, 0.3) is 5.91 Å². The van der Waals surface area contributed by atoms with Gasteiger partial charge >= 0.3 is 0 Å². The third-order valence-corrected chi connectivity index (χ3v) is 13.1. The van der Waals surface area contributed by atoms with Gasteiger partial charge in [-0.1, -0.05) is 63.2 Å². The first kappa shape index (κ1) is 37.4. The van der Waals surface area contributed by atoms with E-state index >= 15 is 0 Å². The van der Waals surface area contributed by atoms with E-state index in [4.69, 9.17) is 9.57 Å². The fourth-order valence-corrected chi connectivity index (χ4v) is 9.92. The van der Waals surface area contributed by atoms with Gasteiger partial charge in [0.05, 0.1) is 26.4 Å². The number of hydroxylamine groups is 2. The Morgan fingerprint density at radius 1 is 1.04 bits per heavy atom. The first-order chi connectivity index (χ1) is 25.3. The molecule has 3 aromatic carbocycles. The lowest BCUT2D eigenvalue weighted by Crippen LogP contribution is -2.62. The SMILES string of the molecule is COc1c(CN2O[C@@H](CO)[C@@H]([C@H](C)O)[C@H]2C(=O)N[C@H]2C[C@H]3C[C@@H]([C@@H]2C)C3(C)C)cccc1-c1cc(C(=O)NC2Cc3ccccc3C2)cc(N(C)C)c1. The molecule has 3 aromatic rings. The molecule has 53 heavy (non-hydrogen) atoms. The molecule has 1 saturated heterocycles. The van der Waals surface area contributed by atoms with Crippen molar-refractivity contribution < 1.29 is 29.4 Å². The second-order valence-corrected chi connectivity index (χ2v) is 16.7. The van der Waals surface area contributed by atoms with Gasteiger partial charge in [-0.2, -0.15) is 5.06 Å². The third-order valence-electron chi connectivity index (χ3n) is 13.1. The van der Waals surface area contributed by atoms with E-state index < -0.39 is 24.2 Å². The number of aliphatic hydroxyl groups excluding tert-OH is 2. The zero-order valence-corrected chi connectivity index (χ0v) is 32.1. The molecule has 0 unspecified atom stereocenters. The molecule has 0 spiro atoms. The summed E-state index contributed by atoms with van der Waals surface area (Å²) in [6, 6.07) is 19.3. The van der Waals surface area contributed by atoms with Crippen LogP contribution in [0.3, 0.4) is 0 Å². The number of hydrogen-bond acceptors (Lipinski definition) is 8. The predicted octanol–water partition coefficient (Wildman–Crippen LogP) is 4.99. The van der Waals surface area contributed by atoms with Gasteiger partial charge in [-0.3, -0.25) is 14.4 Å². The van der Waals surface area contributed by atoms with Crippen molar-refractivity contribution in [1.29, 1.82) is 0 Å². The number of anilines is 1. The van der Waals surface area contributed by atoms with Crippen molar-refractivity contribution in [2.24, 2.45) is 29.1 Å². The standard InChI is InChI=1S/C43H56N4O6/c1-24-35-20-31(43(35,3)4)21-36(24)45-42(51)39-38(25(2)49)37(23-48)53-47(39)22-28-13-10-14-34(40(28)52-7)29-15-30(19-33(18-29)46(5)6)41(50)44-32-16-26-11-8-9-12-27(26)17-32/h8-15,18-19,24-25,31-32,35-39,48-49H,16-17,20-23H2,1-7H3,(H,44,50)(H,45,51)/t24-,25-,31+,35-,36-,37-,38+,39-/m0/s1. The minimum absolute atomic E-state index is 0.0295. The van der Waals surface area contributed by atoms with Crippen molar-refractivity contribution in [2.75, 3.05) is 32.7 Å². The number of benzene rings is 3. The number of rotatable bonds is 11. The van der Waals surface area contributed by atoms with Crippen molar-refractivity contribution in [1.82, 2.24) is 15.7 Å². The minimum atomic E-state index is -0.894. The number of ether oxygens (including phenoxy) is 1. The first-order valence-corrected chi connectivity index (χ1v) is 19.2. The number of methoxy groups -OCH3 is 1. The zero-order valence-electron chi connectivity index (χ0n) is 32.1. The van der Waals surface area contributed by atoms with Gasteiger partial charge in [-0.15, -0.1) is 0 Å². The number of nitrogens with one attached hydrogen (secondary N) is 2. The van der Waals surface area contributed by atoms with Crippen molar-refractivity contribution in [3.63, 3.8) is 0 Å². The highest BCUT2D eigenvalue weighted by Gasteiger charge is 2.57. The van der Waals surface area contributed by atoms with Crippen molar-refractivity contribution in [2.45, 2.75) is 90.3 Å². The summed E-state index contributed by atoms with van der Waals surface area (Å²) in [6.07, 6.45) is 2.11. The Morgan fingerprint density at radius 2 is 1.75 bits per heavy atom. The normalized spacial score (nSPS) is 28.1. The lowest BCUT2D eigenvalue weighted by atomic mass is 9.45. The average molecular weight is 725 g/mol. The summed E-state index contributed by atoms with van der Waals surface area (Å²) in [7, 11) is 5.52. The predicted molar refractivity (Wildman–Crippen MR) is 205 cm³/mol. The lowest BCUT2D eigenvalue weighted by molar-refractivity contribution is -0.183. The van der Waals surface area contributed by atoms with E-state index in [0.29, 0.717) is 29.1 Å². The maximum Gasteiger partial charge on any atom is 0.251 e. The highest BCUT2D eigenvalue weighted by Crippen LogP contribution is 2.61. The molecule has 8 atom stereocenters. The summed E-state index contributed by atoms with van der Waals surface area (Å²) in [5.41, 5.74) is 6.64. The molecule has 5 aliphatic rings. The molecule has 1 heterocycles. The second kappa shape index (κ2) is 14.7. The molecule has 0 aromatic heterocycles. The summed E-state index contributed by atoms with van der Waals surface area (Å²) < 4.78 is 6.08. The number of carbonyl (C=O) groups is 2. The van der Waals surface area contributed by atoms with Crippen molar-refractivity contribution in [3.8, 4) is 16.9 Å². The van der Waals surface area contributed by atoms with Gasteiger partial charge in [0, 0.05) is 54.5 Å². The van der Waals surface area contributed by atoms with Gasteiger partial charge in [0.1, 0.15) is 17.9 Å². The fraction of sp³-hybridized carbons (Fsp3) is 0.535. The molecule has 8 rings (SSSR count). The molecule has 284 valence electrons. The van der Waals surface area contributed by atoms with Crippen LogP contribution >= 0.6 is 0 Å². The molecule has 3 saturated carbocycles. The minimum Gasteiger partial charge on any atom is -0.496 e. The van der Waals surface area contributed by atoms with Crippen LogP contribution in [0.1, 0.15) is 67.6 Å². The van der Waals surface area contributed by atoms with E-state index in [1.807, 2.05) is 67.5 Å². The van der Waals surface area contributed by atoms with E-state index in [1.54, 1.807) is 19.1 Å². The smallest absolute Gasteiger partial charge is 0.251 e. The van der Waals surface area contributed by atoms with Crippen molar-refractivity contribution >= 4 is 17.5 Å². The van der Waals surface area contributed by atoms with E-state index in [-0.39, 0.29) is 42.5 Å². The van der Waals surface area contributed by atoms with Crippen LogP contribution in [0.15, 0.2) is 60.7 Å². The molecule has 2 amide bonds. The van der Waals surface area contributed by atoms with Gasteiger partial charge in [0.15, 0.2) is 0 Å². The number of fused-ring (bicyclic) bond motifs is 3. The number of para-hydroxylation sites is 1. The molecule has 4 fully saturated rings. The van der Waals surface area contributed by atoms with Crippen LogP contribution < -0.4 is 20.3 Å². The van der Waals surface area contributed by atoms with E-state index in [9.17, 15) is 19.8 Å². The van der Waals surface area contributed by atoms with Crippen LogP contribution in [0.25, 0.3) is 11.1 Å². The van der Waals surface area contributed by atoms with E-state index in [0.717, 1.165) is 41.6 Å². The zero-order chi connectivity index (χ0) is 37.8. The van der Waals surface area contributed by atoms with Crippen LogP contribution in [0, 0.1) is 29.1 Å². The van der Waals surface area contributed by atoms with Gasteiger partial charge in [-0.05, 0) is 90.7 Å². The largest absolute Gasteiger partial charge is 0.496 e. The summed E-state index contributed by atoms with van der Waals surface area (Å²) in [5.74, 6) is 1.10. The monoisotopic (exact) mass is 724 g/mol. The summed E-state index contributed by atoms with van der Waals surface area (Å²) >= 11 is 0. The molecule has 2 bridgehead atoms. The molecule has 1 aliphatic heterocycles. The Bertz CT molecular complexity index is 1820. The Labute approximate surface area is 313 Å². The van der Waals surface area contributed by atoms with Gasteiger partial charge < -0.3 is 30.5 Å². The van der Waals surface area contributed by atoms with Gasteiger partial charge in [0.2, 0.25) is 5.91 Å². The average Bonchev–Trinajstić information content (AvgIpc) is 3.72. The Balaban J connectivity index is 1.15. The molecule has 10 nitrogen and oxygen atoms in total. The molecule has 0 radical (unpaired) electrons. The molecule has 10 heteroatoms.